The van der Waals surface area contributed by atoms with Crippen molar-refractivity contribution in [3.8, 4) is 0 Å². The average Bonchev–Trinajstić information content (AvgIpc) is 2.45. The van der Waals surface area contributed by atoms with E-state index in [-0.39, 0.29) is 0 Å². The van der Waals surface area contributed by atoms with Crippen molar-refractivity contribution in [1.82, 2.24) is 14.3 Å². The van der Waals surface area contributed by atoms with Gasteiger partial charge in [0, 0.05) is 31.4 Å². The van der Waals surface area contributed by atoms with Crippen LogP contribution in [0.15, 0.2) is 18.5 Å². The lowest BCUT2D eigenvalue weighted by atomic mass is 10.5. The minimum absolute atomic E-state index is 0.987. The minimum Gasteiger partial charge on any atom is -0.331 e. The van der Waals surface area contributed by atoms with E-state index in [4.69, 9.17) is 0 Å². The molecule has 0 spiro atoms. The van der Waals surface area contributed by atoms with Crippen LogP contribution < -0.4 is 0 Å². The normalized spacial score (nSPS) is 11.1. The number of fused-ring (bicyclic) bond motifs is 1. The molecule has 0 radical (unpaired) electrons. The van der Waals surface area contributed by atoms with Gasteiger partial charge in [0.25, 0.3) is 0 Å². The smallest absolute Gasteiger partial charge is 0.161 e. The van der Waals surface area contributed by atoms with Crippen molar-refractivity contribution in [2.75, 3.05) is 0 Å². The van der Waals surface area contributed by atoms with E-state index in [1.165, 1.54) is 5.39 Å². The van der Waals surface area contributed by atoms with Crippen molar-refractivity contribution < 1.29 is 0 Å². The van der Waals surface area contributed by atoms with Crippen molar-refractivity contribution >= 4 is 11.0 Å². The zero-order valence-corrected chi connectivity index (χ0v) is 6.78. The highest BCUT2D eigenvalue weighted by atomic mass is 15.3. The molecule has 3 heteroatoms. The predicted molar refractivity (Wildman–Crippen MR) is 44.4 cm³/mol. The molecule has 3 nitrogen and oxygen atoms in total. The highest BCUT2D eigenvalue weighted by Gasteiger charge is 2.01. The second kappa shape index (κ2) is 2.12. The highest BCUT2D eigenvalue weighted by Crippen LogP contribution is 2.12. The summed E-state index contributed by atoms with van der Waals surface area (Å²) in [5.41, 5.74) is 1.08. The van der Waals surface area contributed by atoms with E-state index in [0.29, 0.717) is 0 Å². The topological polar surface area (TPSA) is 22.8 Å². The Morgan fingerprint density at radius 3 is 3.09 bits per heavy atom. The average molecular weight is 149 g/mol. The molecule has 0 aliphatic rings. The summed E-state index contributed by atoms with van der Waals surface area (Å²) in [5.74, 6) is 0. The van der Waals surface area contributed by atoms with Gasteiger partial charge in [-0.2, -0.15) is 5.10 Å². The Hall–Kier alpha value is -1.25. The number of aryl methyl sites for hydroxylation is 2. The summed E-state index contributed by atoms with van der Waals surface area (Å²) in [6, 6.07) is 2.09. The summed E-state index contributed by atoms with van der Waals surface area (Å²) in [4.78, 5) is 0. The third kappa shape index (κ3) is 0.843. The van der Waals surface area contributed by atoms with Crippen LogP contribution in [0.4, 0.5) is 0 Å². The Bertz CT molecular complexity index is 369. The maximum atomic E-state index is 4.32. The van der Waals surface area contributed by atoms with Crippen LogP contribution in [0, 0.1) is 0 Å². The van der Waals surface area contributed by atoms with Crippen LogP contribution in [0.3, 0.4) is 0 Å². The lowest BCUT2D eigenvalue weighted by Gasteiger charge is -1.94. The molecule has 0 aliphatic carbocycles. The van der Waals surface area contributed by atoms with Gasteiger partial charge >= 0.3 is 0 Å². The van der Waals surface area contributed by atoms with E-state index in [1.54, 1.807) is 0 Å². The molecule has 0 aliphatic heterocycles. The number of hydrogen-bond donors (Lipinski definition) is 0. The van der Waals surface area contributed by atoms with Crippen molar-refractivity contribution in [1.29, 1.82) is 0 Å². The molecule has 0 N–H and O–H groups in total. The first kappa shape index (κ1) is 6.46. The van der Waals surface area contributed by atoms with Gasteiger partial charge in [-0.25, -0.2) is 0 Å². The van der Waals surface area contributed by atoms with Gasteiger partial charge in [-0.1, -0.05) is 0 Å². The summed E-state index contributed by atoms with van der Waals surface area (Å²) in [5, 5.41) is 5.54. The quantitative estimate of drug-likeness (QED) is 0.601. The van der Waals surface area contributed by atoms with E-state index in [2.05, 4.69) is 28.9 Å². The number of nitrogens with zero attached hydrogens (tertiary/aromatic N) is 3. The standard InChI is InChI=1S/C8H11N3/c1-3-11-5-4-7-6-10(2)9-8(7)11/h4-6H,3H2,1-2H3. The lowest BCUT2D eigenvalue weighted by molar-refractivity contribution is 0.733. The van der Waals surface area contributed by atoms with Gasteiger partial charge in [0.1, 0.15) is 0 Å². The van der Waals surface area contributed by atoms with Crippen LogP contribution >= 0.6 is 0 Å². The van der Waals surface area contributed by atoms with E-state index in [0.717, 1.165) is 12.2 Å². The van der Waals surface area contributed by atoms with Crippen LogP contribution in [0.1, 0.15) is 6.92 Å². The van der Waals surface area contributed by atoms with Crippen molar-refractivity contribution in [2.45, 2.75) is 13.5 Å². The molecule has 0 bridgehead atoms. The molecule has 2 aromatic rings. The molecule has 0 saturated heterocycles. The molecule has 0 unspecified atom stereocenters. The second-order valence-electron chi connectivity index (χ2n) is 2.68. The molecule has 0 saturated carbocycles. The zero-order valence-electron chi connectivity index (χ0n) is 6.78. The SMILES string of the molecule is CCn1ccc2cn(C)nc21. The largest absolute Gasteiger partial charge is 0.331 e. The summed E-state index contributed by atoms with van der Waals surface area (Å²) in [6.07, 6.45) is 4.10. The van der Waals surface area contributed by atoms with Gasteiger partial charge in [-0.3, -0.25) is 4.68 Å². The molecule has 2 rings (SSSR count). The molecule has 58 valence electrons. The molecule has 2 aromatic heterocycles. The molecule has 11 heavy (non-hydrogen) atoms. The Balaban J connectivity index is 2.73. The summed E-state index contributed by atoms with van der Waals surface area (Å²) in [7, 11) is 1.94. The first-order valence-electron chi connectivity index (χ1n) is 3.79. The number of hydrogen-bond acceptors (Lipinski definition) is 1. The van der Waals surface area contributed by atoms with Crippen LogP contribution in [0.2, 0.25) is 0 Å². The third-order valence-corrected chi connectivity index (χ3v) is 1.88. The maximum absolute atomic E-state index is 4.32. The molecular formula is C8H11N3. The summed E-state index contributed by atoms with van der Waals surface area (Å²) < 4.78 is 3.98. The van der Waals surface area contributed by atoms with Crippen LogP contribution in [-0.2, 0) is 13.6 Å². The zero-order chi connectivity index (χ0) is 7.84. The van der Waals surface area contributed by atoms with Crippen LogP contribution in [-0.4, -0.2) is 14.3 Å². The van der Waals surface area contributed by atoms with Gasteiger partial charge in [0.2, 0.25) is 0 Å². The Morgan fingerprint density at radius 2 is 2.36 bits per heavy atom. The second-order valence-corrected chi connectivity index (χ2v) is 2.68. The van der Waals surface area contributed by atoms with Crippen molar-refractivity contribution in [3.05, 3.63) is 18.5 Å². The first-order valence-corrected chi connectivity index (χ1v) is 3.79. The van der Waals surface area contributed by atoms with Gasteiger partial charge in [0.15, 0.2) is 5.65 Å². The van der Waals surface area contributed by atoms with Crippen LogP contribution in [0.5, 0.6) is 0 Å². The summed E-state index contributed by atoms with van der Waals surface area (Å²) >= 11 is 0. The Morgan fingerprint density at radius 1 is 1.55 bits per heavy atom. The van der Waals surface area contributed by atoms with E-state index in [9.17, 15) is 0 Å². The Labute approximate surface area is 65.2 Å². The fourth-order valence-corrected chi connectivity index (χ4v) is 1.33. The highest BCUT2D eigenvalue weighted by molar-refractivity contribution is 5.75. The Kier molecular flexibility index (Phi) is 1.24. The van der Waals surface area contributed by atoms with Gasteiger partial charge < -0.3 is 4.57 Å². The van der Waals surface area contributed by atoms with E-state index in [1.807, 2.05) is 17.9 Å². The van der Waals surface area contributed by atoms with Crippen molar-refractivity contribution in [3.63, 3.8) is 0 Å². The van der Waals surface area contributed by atoms with Gasteiger partial charge in [-0.15, -0.1) is 0 Å². The van der Waals surface area contributed by atoms with E-state index < -0.39 is 0 Å². The third-order valence-electron chi connectivity index (χ3n) is 1.88. The molecule has 0 amide bonds. The first-order chi connectivity index (χ1) is 5.31. The fraction of sp³-hybridized carbons (Fsp3) is 0.375. The fourth-order valence-electron chi connectivity index (χ4n) is 1.33. The molecule has 0 atom stereocenters. The number of rotatable bonds is 1. The maximum Gasteiger partial charge on any atom is 0.161 e. The molecule has 0 aromatic carbocycles. The van der Waals surface area contributed by atoms with Crippen LogP contribution in [0.25, 0.3) is 11.0 Å². The molecular weight excluding hydrogens is 138 g/mol. The van der Waals surface area contributed by atoms with Crippen molar-refractivity contribution in [2.24, 2.45) is 7.05 Å². The minimum atomic E-state index is 0.987. The monoisotopic (exact) mass is 149 g/mol. The van der Waals surface area contributed by atoms with Gasteiger partial charge in [0.05, 0.1) is 0 Å². The summed E-state index contributed by atoms with van der Waals surface area (Å²) in [6.45, 7) is 3.11. The number of aromatic nitrogens is 3. The lowest BCUT2D eigenvalue weighted by Crippen LogP contribution is -1.94. The predicted octanol–water partition coefficient (Wildman–Crippen LogP) is 1.39. The molecule has 0 fully saturated rings. The van der Waals surface area contributed by atoms with Gasteiger partial charge in [-0.05, 0) is 13.0 Å². The van der Waals surface area contributed by atoms with E-state index >= 15 is 0 Å². The molecule has 2 heterocycles.